The van der Waals surface area contributed by atoms with Crippen LogP contribution in [0.25, 0.3) is 17.0 Å². The van der Waals surface area contributed by atoms with Gasteiger partial charge < -0.3 is 5.32 Å². The zero-order valence-corrected chi connectivity index (χ0v) is 21.7. The Hall–Kier alpha value is -2.97. The summed E-state index contributed by atoms with van der Waals surface area (Å²) in [7, 11) is 0. The highest BCUT2D eigenvalue weighted by atomic mass is 35.5. The Balaban J connectivity index is 1.39. The number of nitrogens with one attached hydrogen (secondary N) is 1. The molecule has 190 valence electrons. The lowest BCUT2D eigenvalue weighted by atomic mass is 10.0. The van der Waals surface area contributed by atoms with Crippen molar-refractivity contribution in [3.8, 4) is 0 Å². The zero-order chi connectivity index (χ0) is 26.1. The molecule has 5 rings (SSSR count). The molecule has 3 heterocycles. The first-order valence-electron chi connectivity index (χ1n) is 11.5. The number of hydrogen-bond donors (Lipinski definition) is 1. The molecule has 0 unspecified atom stereocenters. The molecular weight excluding hydrogens is 541 g/mol. The summed E-state index contributed by atoms with van der Waals surface area (Å²) >= 11 is 18.5. The summed E-state index contributed by atoms with van der Waals surface area (Å²) < 4.78 is 28.5. The number of aromatic nitrogens is 2. The second-order valence-corrected chi connectivity index (χ2v) is 9.97. The van der Waals surface area contributed by atoms with Crippen LogP contribution in [-0.4, -0.2) is 33.6 Å². The molecule has 37 heavy (non-hydrogen) atoms. The van der Waals surface area contributed by atoms with E-state index in [2.05, 4.69) is 15.2 Å². The minimum atomic E-state index is -0.603. The Morgan fingerprint density at radius 2 is 1.86 bits per heavy atom. The molecule has 4 aromatic rings. The highest BCUT2D eigenvalue weighted by Crippen LogP contribution is 2.36. The largest absolute Gasteiger partial charge is 0.333 e. The molecule has 1 N–H and O–H groups in total. The summed E-state index contributed by atoms with van der Waals surface area (Å²) in [5.41, 5.74) is 3.97. The Morgan fingerprint density at radius 1 is 1.05 bits per heavy atom. The van der Waals surface area contributed by atoms with Crippen LogP contribution in [0.2, 0.25) is 15.1 Å². The molecule has 1 aliphatic rings. The van der Waals surface area contributed by atoms with Gasteiger partial charge in [-0.1, -0.05) is 53.0 Å². The summed E-state index contributed by atoms with van der Waals surface area (Å²) in [6, 6.07) is 10.7. The quantitative estimate of drug-likeness (QED) is 0.264. The maximum atomic E-state index is 13.4. The monoisotopic (exact) mass is 560 g/mol. The van der Waals surface area contributed by atoms with Crippen molar-refractivity contribution in [1.82, 2.24) is 19.8 Å². The molecular formula is C27H21Cl3F2N4O. The lowest BCUT2D eigenvalue weighted by Gasteiger charge is -2.27. The lowest BCUT2D eigenvalue weighted by molar-refractivity contribution is 0.240. The van der Waals surface area contributed by atoms with Crippen LogP contribution in [-0.2, 0) is 19.5 Å². The highest BCUT2D eigenvalue weighted by molar-refractivity contribution is 6.42. The molecule has 0 saturated heterocycles. The molecule has 1 aliphatic heterocycles. The normalized spacial score (nSPS) is 13.9. The fourth-order valence-electron chi connectivity index (χ4n) is 4.56. The van der Waals surface area contributed by atoms with E-state index in [1.165, 1.54) is 18.3 Å². The molecule has 5 nitrogen and oxygen atoms in total. The number of pyridine rings is 1. The van der Waals surface area contributed by atoms with Gasteiger partial charge >= 0.3 is 6.03 Å². The summed E-state index contributed by atoms with van der Waals surface area (Å²) in [6.07, 6.45) is 5.89. The number of carbonyl (C=O) groups is 1. The summed E-state index contributed by atoms with van der Waals surface area (Å²) in [6.45, 7) is 2.14. The smallest absolute Gasteiger partial charge is 0.326 e. The summed E-state index contributed by atoms with van der Waals surface area (Å²) in [5.74, 6) is -1.05. The predicted molar refractivity (Wildman–Crippen MR) is 143 cm³/mol. The van der Waals surface area contributed by atoms with Crippen molar-refractivity contribution in [2.75, 3.05) is 13.1 Å². The van der Waals surface area contributed by atoms with Crippen LogP contribution in [0.3, 0.4) is 0 Å². The van der Waals surface area contributed by atoms with E-state index < -0.39 is 11.8 Å². The fraction of sp³-hybridized carbons (Fsp3) is 0.185. The molecule has 0 fully saturated rings. The van der Waals surface area contributed by atoms with E-state index in [1.807, 2.05) is 12.2 Å². The van der Waals surface area contributed by atoms with Gasteiger partial charge in [-0.3, -0.25) is 9.47 Å². The second-order valence-electron chi connectivity index (χ2n) is 8.75. The van der Waals surface area contributed by atoms with Gasteiger partial charge in [-0.15, -0.1) is 0 Å². The number of benzene rings is 2. The average molecular weight is 562 g/mol. The van der Waals surface area contributed by atoms with E-state index in [4.69, 9.17) is 34.8 Å². The van der Waals surface area contributed by atoms with Gasteiger partial charge in [-0.05, 0) is 53.1 Å². The minimum absolute atomic E-state index is 0.0838. The molecule has 0 spiro atoms. The van der Waals surface area contributed by atoms with Crippen molar-refractivity contribution in [1.29, 1.82) is 0 Å². The Labute approximate surface area is 227 Å². The van der Waals surface area contributed by atoms with Crippen LogP contribution in [0.15, 0.2) is 54.7 Å². The predicted octanol–water partition coefficient (Wildman–Crippen LogP) is 7.10. The highest BCUT2D eigenvalue weighted by Gasteiger charge is 2.27. The van der Waals surface area contributed by atoms with Crippen LogP contribution in [0.1, 0.15) is 22.4 Å². The molecule has 0 atom stereocenters. The standard InChI is InChI=1S/C27H21Cl3F2N4O/c28-20-12-18-19-15-35(8-1-2-16-3-4-23(31)22(30)10-16)9-6-24(19)36(25(18)13-21(20)29)27(37)34-14-17-5-7-33-26(32)11-17/h1-5,7,10-13H,6,8-9,14-15H2,(H,34,37)/b2-1+. The number of carbonyl (C=O) groups excluding carboxylic acids is 1. The Kier molecular flexibility index (Phi) is 7.49. The average Bonchev–Trinajstić information content (AvgIpc) is 3.17. The first-order valence-corrected chi connectivity index (χ1v) is 12.7. The second kappa shape index (κ2) is 10.8. The molecule has 0 aliphatic carbocycles. The first kappa shape index (κ1) is 25.7. The number of nitrogens with zero attached hydrogens (tertiary/aromatic N) is 3. The van der Waals surface area contributed by atoms with E-state index in [0.717, 1.165) is 28.8 Å². The van der Waals surface area contributed by atoms with E-state index in [1.54, 1.807) is 34.9 Å². The third-order valence-electron chi connectivity index (χ3n) is 6.32. The van der Waals surface area contributed by atoms with Crippen LogP contribution < -0.4 is 5.32 Å². The summed E-state index contributed by atoms with van der Waals surface area (Å²) in [4.78, 5) is 19.1. The van der Waals surface area contributed by atoms with E-state index >= 15 is 0 Å². The van der Waals surface area contributed by atoms with Crippen LogP contribution in [0.5, 0.6) is 0 Å². The zero-order valence-electron chi connectivity index (χ0n) is 19.4. The molecule has 2 aromatic heterocycles. The molecule has 0 bridgehead atoms. The molecule has 1 amide bonds. The topological polar surface area (TPSA) is 50.2 Å². The van der Waals surface area contributed by atoms with E-state index in [-0.39, 0.29) is 17.6 Å². The van der Waals surface area contributed by atoms with Crippen molar-refractivity contribution in [2.45, 2.75) is 19.5 Å². The fourth-order valence-corrected chi connectivity index (χ4v) is 5.07. The maximum absolute atomic E-state index is 13.4. The third kappa shape index (κ3) is 5.50. The van der Waals surface area contributed by atoms with Crippen molar-refractivity contribution < 1.29 is 13.6 Å². The van der Waals surface area contributed by atoms with Gasteiger partial charge in [-0.2, -0.15) is 4.39 Å². The summed E-state index contributed by atoms with van der Waals surface area (Å²) in [5, 5.41) is 4.57. The lowest BCUT2D eigenvalue weighted by Crippen LogP contribution is -2.34. The number of amides is 1. The number of rotatable bonds is 5. The van der Waals surface area contributed by atoms with Crippen molar-refractivity contribution in [2.24, 2.45) is 0 Å². The maximum Gasteiger partial charge on any atom is 0.326 e. The Bertz CT molecular complexity index is 1540. The van der Waals surface area contributed by atoms with E-state index in [9.17, 15) is 13.6 Å². The van der Waals surface area contributed by atoms with Crippen LogP contribution in [0, 0.1) is 11.8 Å². The minimum Gasteiger partial charge on any atom is -0.333 e. The van der Waals surface area contributed by atoms with Crippen molar-refractivity contribution >= 4 is 57.8 Å². The molecule has 0 radical (unpaired) electrons. The van der Waals surface area contributed by atoms with Gasteiger partial charge in [0.15, 0.2) is 0 Å². The van der Waals surface area contributed by atoms with Crippen LogP contribution in [0.4, 0.5) is 13.6 Å². The SMILES string of the molecule is O=C(NCc1ccnc(F)c1)n1c2c(c3cc(Cl)c(Cl)cc31)CN(C/C=C/c1ccc(F)c(Cl)c1)CC2. The molecule has 0 saturated carbocycles. The Morgan fingerprint density at radius 3 is 2.65 bits per heavy atom. The van der Waals surface area contributed by atoms with Gasteiger partial charge in [0.1, 0.15) is 5.82 Å². The number of hydrogen-bond acceptors (Lipinski definition) is 3. The van der Waals surface area contributed by atoms with Gasteiger partial charge in [0, 0.05) is 49.9 Å². The van der Waals surface area contributed by atoms with Crippen molar-refractivity contribution in [3.63, 3.8) is 0 Å². The number of fused-ring (bicyclic) bond motifs is 3. The molecule has 10 heteroatoms. The van der Waals surface area contributed by atoms with Crippen LogP contribution >= 0.6 is 34.8 Å². The van der Waals surface area contributed by atoms with Gasteiger partial charge in [0.2, 0.25) is 5.95 Å². The van der Waals surface area contributed by atoms with Gasteiger partial charge in [0.25, 0.3) is 0 Å². The molecule has 2 aromatic carbocycles. The van der Waals surface area contributed by atoms with Gasteiger partial charge in [-0.25, -0.2) is 14.2 Å². The van der Waals surface area contributed by atoms with E-state index in [0.29, 0.717) is 40.6 Å². The first-order chi connectivity index (χ1) is 17.8. The van der Waals surface area contributed by atoms with Gasteiger partial charge in [0.05, 0.1) is 20.6 Å². The third-order valence-corrected chi connectivity index (χ3v) is 7.34. The number of halogens is 5. The van der Waals surface area contributed by atoms with Crippen molar-refractivity contribution in [3.05, 3.63) is 104 Å².